The van der Waals surface area contributed by atoms with Crippen molar-refractivity contribution in [1.82, 2.24) is 0 Å². The van der Waals surface area contributed by atoms with Crippen LogP contribution in [0.3, 0.4) is 0 Å². The number of hydrogen-bond donors (Lipinski definition) is 2. The van der Waals surface area contributed by atoms with Gasteiger partial charge in [0.1, 0.15) is 5.82 Å². The van der Waals surface area contributed by atoms with Crippen molar-refractivity contribution in [2.75, 3.05) is 6.54 Å². The zero-order chi connectivity index (χ0) is 10.8. The minimum atomic E-state index is -1.21. The second-order valence-electron chi connectivity index (χ2n) is 3.44. The van der Waals surface area contributed by atoms with Crippen molar-refractivity contribution < 1.29 is 9.50 Å². The number of nitrogens with two attached hydrogens (primary N) is 1. The van der Waals surface area contributed by atoms with Gasteiger partial charge in [-0.2, -0.15) is 0 Å². The van der Waals surface area contributed by atoms with Gasteiger partial charge in [-0.05, 0) is 38.1 Å². The lowest BCUT2D eigenvalue weighted by molar-refractivity contribution is 0.0466. The average molecular weight is 262 g/mol. The molecule has 0 amide bonds. The van der Waals surface area contributed by atoms with Crippen molar-refractivity contribution in [2.24, 2.45) is 5.73 Å². The van der Waals surface area contributed by atoms with E-state index in [0.29, 0.717) is 13.0 Å². The molecular formula is C10H13BrFNO. The summed E-state index contributed by atoms with van der Waals surface area (Å²) in [7, 11) is 0. The number of benzene rings is 1. The van der Waals surface area contributed by atoms with Gasteiger partial charge in [0.2, 0.25) is 0 Å². The minimum absolute atomic E-state index is 0.275. The van der Waals surface area contributed by atoms with Crippen molar-refractivity contribution in [1.29, 1.82) is 0 Å². The minimum Gasteiger partial charge on any atom is -0.385 e. The topological polar surface area (TPSA) is 46.2 Å². The van der Waals surface area contributed by atoms with Crippen LogP contribution in [0.4, 0.5) is 4.39 Å². The third-order valence-corrected chi connectivity index (χ3v) is 2.63. The van der Waals surface area contributed by atoms with Crippen LogP contribution < -0.4 is 5.73 Å². The molecule has 0 saturated heterocycles. The van der Waals surface area contributed by atoms with Gasteiger partial charge in [0.05, 0.1) is 5.60 Å². The van der Waals surface area contributed by atoms with E-state index in [4.69, 9.17) is 5.73 Å². The smallest absolute Gasteiger partial charge is 0.129 e. The van der Waals surface area contributed by atoms with Gasteiger partial charge in [-0.25, -0.2) is 4.39 Å². The Bertz CT molecular complexity index is 328. The van der Waals surface area contributed by atoms with E-state index in [1.165, 1.54) is 6.07 Å². The van der Waals surface area contributed by atoms with Gasteiger partial charge >= 0.3 is 0 Å². The molecule has 0 spiro atoms. The number of rotatable bonds is 3. The first-order valence-corrected chi connectivity index (χ1v) is 5.14. The van der Waals surface area contributed by atoms with Gasteiger partial charge in [-0.1, -0.05) is 15.9 Å². The molecule has 0 heterocycles. The molecule has 0 fully saturated rings. The van der Waals surface area contributed by atoms with Crippen molar-refractivity contribution in [2.45, 2.75) is 18.9 Å². The summed E-state index contributed by atoms with van der Waals surface area (Å²) in [6, 6.07) is 4.49. The Kier molecular flexibility index (Phi) is 3.64. The first kappa shape index (κ1) is 11.6. The monoisotopic (exact) mass is 261 g/mol. The molecule has 0 saturated carbocycles. The average Bonchev–Trinajstić information content (AvgIpc) is 2.09. The van der Waals surface area contributed by atoms with E-state index in [0.717, 1.165) is 4.47 Å². The predicted molar refractivity (Wildman–Crippen MR) is 57.3 cm³/mol. The van der Waals surface area contributed by atoms with E-state index < -0.39 is 11.4 Å². The second kappa shape index (κ2) is 4.38. The van der Waals surface area contributed by atoms with Gasteiger partial charge in [0, 0.05) is 10.0 Å². The van der Waals surface area contributed by atoms with Crippen molar-refractivity contribution >= 4 is 15.9 Å². The van der Waals surface area contributed by atoms with Crippen LogP contribution in [0.2, 0.25) is 0 Å². The zero-order valence-electron chi connectivity index (χ0n) is 7.93. The molecular weight excluding hydrogens is 249 g/mol. The standard InChI is InChI=1S/C10H13BrFNO/c1-10(14,4-5-13)8-6-7(11)2-3-9(8)12/h2-3,6,14H,4-5,13H2,1H3. The van der Waals surface area contributed by atoms with Crippen LogP contribution in [0.5, 0.6) is 0 Å². The molecule has 0 aliphatic carbocycles. The molecule has 14 heavy (non-hydrogen) atoms. The molecule has 4 heteroatoms. The summed E-state index contributed by atoms with van der Waals surface area (Å²) in [6.45, 7) is 1.88. The van der Waals surface area contributed by atoms with E-state index in [2.05, 4.69) is 15.9 Å². The summed E-state index contributed by atoms with van der Waals surface area (Å²) in [6.07, 6.45) is 0.334. The fourth-order valence-electron chi connectivity index (χ4n) is 1.33. The van der Waals surface area contributed by atoms with Crippen LogP contribution in [0, 0.1) is 5.82 Å². The molecule has 3 N–H and O–H groups in total. The lowest BCUT2D eigenvalue weighted by atomic mass is 9.92. The Balaban J connectivity index is 3.10. The van der Waals surface area contributed by atoms with Crippen LogP contribution in [0.15, 0.2) is 22.7 Å². The Labute approximate surface area is 91.1 Å². The fraction of sp³-hybridized carbons (Fsp3) is 0.400. The van der Waals surface area contributed by atoms with Crippen molar-refractivity contribution in [3.63, 3.8) is 0 Å². The van der Waals surface area contributed by atoms with Crippen LogP contribution >= 0.6 is 15.9 Å². The van der Waals surface area contributed by atoms with Gasteiger partial charge in [-0.3, -0.25) is 0 Å². The van der Waals surface area contributed by atoms with E-state index in [-0.39, 0.29) is 5.56 Å². The van der Waals surface area contributed by atoms with Gasteiger partial charge in [-0.15, -0.1) is 0 Å². The summed E-state index contributed by atoms with van der Waals surface area (Å²) >= 11 is 3.23. The highest BCUT2D eigenvalue weighted by Crippen LogP contribution is 2.28. The molecule has 1 aromatic carbocycles. The molecule has 1 unspecified atom stereocenters. The Hall–Kier alpha value is -0.450. The van der Waals surface area contributed by atoms with E-state index in [9.17, 15) is 9.50 Å². The Morgan fingerprint density at radius 3 is 2.79 bits per heavy atom. The highest BCUT2D eigenvalue weighted by atomic mass is 79.9. The van der Waals surface area contributed by atoms with Crippen LogP contribution in [0.1, 0.15) is 18.9 Å². The Morgan fingerprint density at radius 2 is 2.21 bits per heavy atom. The third kappa shape index (κ3) is 2.53. The first-order chi connectivity index (χ1) is 6.47. The molecule has 0 bridgehead atoms. The van der Waals surface area contributed by atoms with E-state index >= 15 is 0 Å². The van der Waals surface area contributed by atoms with Crippen molar-refractivity contribution in [3.05, 3.63) is 34.1 Å². The summed E-state index contributed by atoms with van der Waals surface area (Å²) in [5, 5.41) is 9.95. The van der Waals surface area contributed by atoms with Crippen LogP contribution in [-0.2, 0) is 5.60 Å². The molecule has 0 aromatic heterocycles. The first-order valence-electron chi connectivity index (χ1n) is 4.35. The van der Waals surface area contributed by atoms with Gasteiger partial charge in [0.15, 0.2) is 0 Å². The third-order valence-electron chi connectivity index (χ3n) is 2.14. The summed E-state index contributed by atoms with van der Waals surface area (Å²) in [4.78, 5) is 0. The molecule has 0 radical (unpaired) electrons. The Morgan fingerprint density at radius 1 is 1.57 bits per heavy atom. The molecule has 1 atom stereocenters. The zero-order valence-corrected chi connectivity index (χ0v) is 9.51. The lowest BCUT2D eigenvalue weighted by Gasteiger charge is -2.23. The van der Waals surface area contributed by atoms with E-state index in [1.54, 1.807) is 19.1 Å². The predicted octanol–water partition coefficient (Wildman–Crippen LogP) is 2.14. The molecule has 0 aliphatic heterocycles. The highest BCUT2D eigenvalue weighted by Gasteiger charge is 2.25. The number of hydrogen-bond acceptors (Lipinski definition) is 2. The van der Waals surface area contributed by atoms with Gasteiger partial charge in [0.25, 0.3) is 0 Å². The summed E-state index contributed by atoms with van der Waals surface area (Å²) in [5.74, 6) is -0.411. The maximum atomic E-state index is 13.4. The van der Waals surface area contributed by atoms with E-state index in [1.807, 2.05) is 0 Å². The normalized spacial score (nSPS) is 15.2. The quantitative estimate of drug-likeness (QED) is 0.876. The molecule has 1 rings (SSSR count). The summed E-state index contributed by atoms with van der Waals surface area (Å²) in [5.41, 5.74) is 4.42. The van der Waals surface area contributed by atoms with Gasteiger partial charge < -0.3 is 10.8 Å². The van der Waals surface area contributed by atoms with Crippen LogP contribution in [0.25, 0.3) is 0 Å². The largest absolute Gasteiger partial charge is 0.385 e. The molecule has 2 nitrogen and oxygen atoms in total. The maximum absolute atomic E-state index is 13.4. The fourth-order valence-corrected chi connectivity index (χ4v) is 1.69. The maximum Gasteiger partial charge on any atom is 0.129 e. The molecule has 0 aliphatic rings. The molecule has 78 valence electrons. The highest BCUT2D eigenvalue weighted by molar-refractivity contribution is 9.10. The number of halogens is 2. The van der Waals surface area contributed by atoms with Crippen molar-refractivity contribution in [3.8, 4) is 0 Å². The lowest BCUT2D eigenvalue weighted by Crippen LogP contribution is -2.26. The molecule has 1 aromatic rings. The van der Waals surface area contributed by atoms with Crippen LogP contribution in [-0.4, -0.2) is 11.7 Å². The summed E-state index contributed by atoms with van der Waals surface area (Å²) < 4.78 is 14.1. The number of aliphatic hydroxyl groups is 1. The SMILES string of the molecule is CC(O)(CCN)c1cc(Br)ccc1F. The second-order valence-corrected chi connectivity index (χ2v) is 4.35.